The van der Waals surface area contributed by atoms with Gasteiger partial charge in [0, 0.05) is 17.4 Å². The lowest BCUT2D eigenvalue weighted by Crippen LogP contribution is -2.25. The summed E-state index contributed by atoms with van der Waals surface area (Å²) in [5, 5.41) is 0. The van der Waals surface area contributed by atoms with Crippen LogP contribution >= 0.6 is 0 Å². The topological polar surface area (TPSA) is 3.24 Å². The third-order valence-corrected chi connectivity index (χ3v) is 4.23. The lowest BCUT2D eigenvalue weighted by molar-refractivity contribution is 0.788. The smallest absolute Gasteiger partial charge is 0.0419 e. The predicted octanol–water partition coefficient (Wildman–Crippen LogP) is 6.52. The highest BCUT2D eigenvalue weighted by atomic mass is 15.2. The van der Waals surface area contributed by atoms with Crippen LogP contribution in [-0.2, 0) is 0 Å². The molecule has 0 spiro atoms. The number of anilines is 2. The Hall–Kier alpha value is -2.54. The molecule has 3 rings (SSSR count). The molecule has 24 heavy (non-hydrogen) atoms. The molecular formula is C23H25N. The van der Waals surface area contributed by atoms with Crippen LogP contribution in [0.2, 0.25) is 0 Å². The van der Waals surface area contributed by atoms with Crippen LogP contribution in [0.3, 0.4) is 0 Å². The second-order valence-corrected chi connectivity index (χ2v) is 6.73. The van der Waals surface area contributed by atoms with Gasteiger partial charge in [-0.25, -0.2) is 0 Å². The molecule has 0 amide bonds. The Morgan fingerprint density at radius 2 is 1.25 bits per heavy atom. The molecule has 0 saturated heterocycles. The standard InChI is InChI=1S/C23H25N/c1-17(2)24(23-14-18(3)13-19(4)15-23)22-12-8-11-21(16-22)20-9-6-5-7-10-20/h5-17H,1-4H3. The first-order valence-corrected chi connectivity index (χ1v) is 8.57. The van der Waals surface area contributed by atoms with Crippen molar-refractivity contribution < 1.29 is 0 Å². The van der Waals surface area contributed by atoms with Gasteiger partial charge in [0.05, 0.1) is 0 Å². The van der Waals surface area contributed by atoms with Gasteiger partial charge in [0.1, 0.15) is 0 Å². The average Bonchev–Trinajstić information content (AvgIpc) is 2.55. The molecule has 0 heterocycles. The van der Waals surface area contributed by atoms with E-state index in [4.69, 9.17) is 0 Å². The molecule has 0 fully saturated rings. The Labute approximate surface area is 145 Å². The summed E-state index contributed by atoms with van der Waals surface area (Å²) >= 11 is 0. The van der Waals surface area contributed by atoms with Crippen molar-refractivity contribution in [1.29, 1.82) is 0 Å². The first-order chi connectivity index (χ1) is 11.5. The van der Waals surface area contributed by atoms with E-state index in [0.29, 0.717) is 6.04 Å². The fourth-order valence-corrected chi connectivity index (χ4v) is 3.30. The summed E-state index contributed by atoms with van der Waals surface area (Å²) in [7, 11) is 0. The number of hydrogen-bond acceptors (Lipinski definition) is 1. The fraction of sp³-hybridized carbons (Fsp3) is 0.217. The van der Waals surface area contributed by atoms with Gasteiger partial charge in [-0.2, -0.15) is 0 Å². The van der Waals surface area contributed by atoms with Gasteiger partial charge in [-0.15, -0.1) is 0 Å². The molecule has 0 aliphatic heterocycles. The summed E-state index contributed by atoms with van der Waals surface area (Å²) < 4.78 is 0. The highest BCUT2D eigenvalue weighted by Crippen LogP contribution is 2.32. The monoisotopic (exact) mass is 315 g/mol. The van der Waals surface area contributed by atoms with Gasteiger partial charge in [-0.1, -0.05) is 48.5 Å². The Bertz CT molecular complexity index is 798. The molecule has 0 radical (unpaired) electrons. The lowest BCUT2D eigenvalue weighted by Gasteiger charge is -2.30. The third-order valence-electron chi connectivity index (χ3n) is 4.23. The minimum Gasteiger partial charge on any atom is -0.339 e. The summed E-state index contributed by atoms with van der Waals surface area (Å²) in [5.41, 5.74) is 7.60. The van der Waals surface area contributed by atoms with E-state index in [0.717, 1.165) is 0 Å². The van der Waals surface area contributed by atoms with E-state index in [1.807, 2.05) is 0 Å². The van der Waals surface area contributed by atoms with Crippen molar-refractivity contribution in [2.24, 2.45) is 0 Å². The molecule has 3 aromatic rings. The van der Waals surface area contributed by atoms with Gasteiger partial charge in [-0.05, 0) is 74.2 Å². The zero-order valence-electron chi connectivity index (χ0n) is 15.0. The molecule has 0 saturated carbocycles. The summed E-state index contributed by atoms with van der Waals surface area (Å²) in [4.78, 5) is 2.41. The van der Waals surface area contributed by atoms with E-state index in [2.05, 4.69) is 105 Å². The minimum atomic E-state index is 0.386. The van der Waals surface area contributed by atoms with E-state index in [1.54, 1.807) is 0 Å². The first-order valence-electron chi connectivity index (χ1n) is 8.57. The second-order valence-electron chi connectivity index (χ2n) is 6.73. The highest BCUT2D eigenvalue weighted by Gasteiger charge is 2.14. The van der Waals surface area contributed by atoms with Crippen molar-refractivity contribution in [1.82, 2.24) is 0 Å². The summed E-state index contributed by atoms with van der Waals surface area (Å²) in [6.45, 7) is 8.81. The first kappa shape index (κ1) is 16.3. The molecule has 0 atom stereocenters. The van der Waals surface area contributed by atoms with Crippen molar-refractivity contribution in [2.75, 3.05) is 4.90 Å². The van der Waals surface area contributed by atoms with Crippen molar-refractivity contribution in [3.05, 3.63) is 83.9 Å². The molecule has 1 nitrogen and oxygen atoms in total. The Morgan fingerprint density at radius 3 is 1.88 bits per heavy atom. The van der Waals surface area contributed by atoms with E-state index >= 15 is 0 Å². The molecule has 0 aromatic heterocycles. The number of nitrogens with zero attached hydrogens (tertiary/aromatic N) is 1. The average molecular weight is 315 g/mol. The number of hydrogen-bond donors (Lipinski definition) is 0. The maximum Gasteiger partial charge on any atom is 0.0419 e. The second kappa shape index (κ2) is 6.92. The Balaban J connectivity index is 2.07. The van der Waals surface area contributed by atoms with Crippen LogP contribution in [0.1, 0.15) is 25.0 Å². The molecule has 0 aliphatic carbocycles. The van der Waals surface area contributed by atoms with Crippen molar-refractivity contribution >= 4 is 11.4 Å². The normalized spacial score (nSPS) is 10.9. The predicted molar refractivity (Wildman–Crippen MR) is 105 cm³/mol. The van der Waals surface area contributed by atoms with Gasteiger partial charge in [0.15, 0.2) is 0 Å². The maximum absolute atomic E-state index is 2.41. The van der Waals surface area contributed by atoms with Crippen molar-refractivity contribution in [3.8, 4) is 11.1 Å². The van der Waals surface area contributed by atoms with Gasteiger partial charge < -0.3 is 4.90 Å². The van der Waals surface area contributed by atoms with Gasteiger partial charge in [-0.3, -0.25) is 0 Å². The van der Waals surface area contributed by atoms with Crippen LogP contribution in [0.25, 0.3) is 11.1 Å². The minimum absolute atomic E-state index is 0.386. The van der Waals surface area contributed by atoms with Crippen molar-refractivity contribution in [2.45, 2.75) is 33.7 Å². The van der Waals surface area contributed by atoms with Gasteiger partial charge >= 0.3 is 0 Å². The Kier molecular flexibility index (Phi) is 4.71. The number of aryl methyl sites for hydroxylation is 2. The van der Waals surface area contributed by atoms with Gasteiger partial charge in [0.25, 0.3) is 0 Å². The summed E-state index contributed by atoms with van der Waals surface area (Å²) in [5.74, 6) is 0. The summed E-state index contributed by atoms with van der Waals surface area (Å²) in [6.07, 6.45) is 0. The largest absolute Gasteiger partial charge is 0.339 e. The van der Waals surface area contributed by atoms with Crippen LogP contribution in [0, 0.1) is 13.8 Å². The molecule has 1 heteroatoms. The molecule has 0 N–H and O–H groups in total. The molecule has 3 aromatic carbocycles. The molecule has 0 bridgehead atoms. The lowest BCUT2D eigenvalue weighted by atomic mass is 10.0. The van der Waals surface area contributed by atoms with Gasteiger partial charge in [0.2, 0.25) is 0 Å². The van der Waals surface area contributed by atoms with E-state index in [1.165, 1.54) is 33.6 Å². The SMILES string of the molecule is Cc1cc(C)cc(N(c2cccc(-c3ccccc3)c2)C(C)C)c1. The van der Waals surface area contributed by atoms with E-state index < -0.39 is 0 Å². The van der Waals surface area contributed by atoms with Crippen LogP contribution in [-0.4, -0.2) is 6.04 Å². The number of benzene rings is 3. The number of rotatable bonds is 4. The molecular weight excluding hydrogens is 290 g/mol. The van der Waals surface area contributed by atoms with Crippen LogP contribution < -0.4 is 4.90 Å². The van der Waals surface area contributed by atoms with Crippen LogP contribution in [0.15, 0.2) is 72.8 Å². The molecule has 122 valence electrons. The van der Waals surface area contributed by atoms with Crippen LogP contribution in [0.5, 0.6) is 0 Å². The molecule has 0 unspecified atom stereocenters. The Morgan fingerprint density at radius 1 is 0.625 bits per heavy atom. The van der Waals surface area contributed by atoms with Crippen LogP contribution in [0.4, 0.5) is 11.4 Å². The third kappa shape index (κ3) is 3.51. The highest BCUT2D eigenvalue weighted by molar-refractivity contribution is 5.73. The fourth-order valence-electron chi connectivity index (χ4n) is 3.30. The zero-order valence-corrected chi connectivity index (χ0v) is 15.0. The zero-order chi connectivity index (χ0) is 17.1. The molecule has 0 aliphatic rings. The van der Waals surface area contributed by atoms with E-state index in [-0.39, 0.29) is 0 Å². The quantitative estimate of drug-likeness (QED) is 0.530. The van der Waals surface area contributed by atoms with E-state index in [9.17, 15) is 0 Å². The van der Waals surface area contributed by atoms with Crippen molar-refractivity contribution in [3.63, 3.8) is 0 Å². The summed E-state index contributed by atoms with van der Waals surface area (Å²) in [6, 6.07) is 26.5. The maximum atomic E-state index is 2.41.